The number of sulfonamides is 1. The van der Waals surface area contributed by atoms with Gasteiger partial charge in [0, 0.05) is 11.7 Å². The van der Waals surface area contributed by atoms with E-state index in [9.17, 15) is 13.2 Å². The molecular weight excluding hydrogens is 360 g/mol. The molecule has 2 rings (SSSR count). The number of rotatable bonds is 8. The van der Waals surface area contributed by atoms with Crippen LogP contribution in [0.2, 0.25) is 0 Å². The number of benzene rings is 1. The first-order valence-corrected chi connectivity index (χ1v) is 10.4. The van der Waals surface area contributed by atoms with Crippen molar-refractivity contribution in [3.05, 3.63) is 48.4 Å². The third kappa shape index (κ3) is 5.91. The normalized spacial score (nSPS) is 13.0. The van der Waals surface area contributed by atoms with E-state index in [0.29, 0.717) is 11.4 Å². The Bertz CT molecular complexity index is 785. The van der Waals surface area contributed by atoms with Crippen molar-refractivity contribution in [1.29, 1.82) is 0 Å². The topological polar surface area (TPSA) is 88.4 Å². The molecule has 0 aliphatic heterocycles. The van der Waals surface area contributed by atoms with Gasteiger partial charge in [-0.1, -0.05) is 0 Å². The highest BCUT2D eigenvalue weighted by Crippen LogP contribution is 2.20. The van der Waals surface area contributed by atoms with E-state index >= 15 is 0 Å². The standard InChI is InChI=1S/C17H22N2O4S2/c1-12(2)19-25(21,22)16-8-6-14(7-9-16)18-17(20)13(3)24-11-15-5-4-10-23-15/h4-10,12-13,19H,11H2,1-3H3,(H,18,20)/t13-/m0/s1. The molecule has 1 aromatic carbocycles. The molecule has 0 radical (unpaired) electrons. The summed E-state index contributed by atoms with van der Waals surface area (Å²) in [5, 5.41) is 2.52. The van der Waals surface area contributed by atoms with E-state index in [0.717, 1.165) is 5.76 Å². The zero-order valence-corrected chi connectivity index (χ0v) is 16.0. The van der Waals surface area contributed by atoms with Crippen LogP contribution in [0.3, 0.4) is 0 Å². The Kier molecular flexibility index (Phi) is 6.69. The molecule has 0 saturated heterocycles. The Hall–Kier alpha value is -1.77. The van der Waals surface area contributed by atoms with Crippen LogP contribution in [-0.4, -0.2) is 25.6 Å². The second-order valence-corrected chi connectivity index (χ2v) is 8.87. The molecule has 0 aliphatic rings. The lowest BCUT2D eigenvalue weighted by atomic mass is 10.3. The molecule has 1 aromatic heterocycles. The Morgan fingerprint density at radius 2 is 1.84 bits per heavy atom. The van der Waals surface area contributed by atoms with Crippen molar-refractivity contribution in [3.8, 4) is 0 Å². The molecule has 1 amide bonds. The fourth-order valence-corrected chi connectivity index (χ4v) is 4.06. The van der Waals surface area contributed by atoms with E-state index in [1.807, 2.05) is 19.1 Å². The van der Waals surface area contributed by atoms with Gasteiger partial charge in [-0.15, -0.1) is 11.8 Å². The van der Waals surface area contributed by atoms with Crippen LogP contribution in [-0.2, 0) is 20.6 Å². The van der Waals surface area contributed by atoms with Crippen LogP contribution >= 0.6 is 11.8 Å². The number of anilines is 1. The zero-order chi connectivity index (χ0) is 18.4. The summed E-state index contributed by atoms with van der Waals surface area (Å²) in [4.78, 5) is 12.4. The quantitative estimate of drug-likeness (QED) is 0.732. The maximum atomic E-state index is 12.2. The average Bonchev–Trinajstić information content (AvgIpc) is 3.05. The monoisotopic (exact) mass is 382 g/mol. The smallest absolute Gasteiger partial charge is 0.240 e. The second-order valence-electron chi connectivity index (χ2n) is 5.82. The first kappa shape index (κ1) is 19.6. The van der Waals surface area contributed by atoms with Crippen LogP contribution in [0.5, 0.6) is 0 Å². The third-order valence-electron chi connectivity index (χ3n) is 3.25. The fourth-order valence-electron chi connectivity index (χ4n) is 2.02. The molecular formula is C17H22N2O4S2. The molecule has 0 spiro atoms. The summed E-state index contributed by atoms with van der Waals surface area (Å²) in [6, 6.07) is 9.60. The maximum absolute atomic E-state index is 12.2. The van der Waals surface area contributed by atoms with E-state index in [2.05, 4.69) is 10.0 Å². The number of hydrogen-bond donors (Lipinski definition) is 2. The molecule has 1 atom stereocenters. The van der Waals surface area contributed by atoms with E-state index in [4.69, 9.17) is 4.42 Å². The predicted octanol–water partition coefficient (Wildman–Crippen LogP) is 3.23. The summed E-state index contributed by atoms with van der Waals surface area (Å²) < 4.78 is 31.9. The number of hydrogen-bond acceptors (Lipinski definition) is 5. The fraction of sp³-hybridized carbons (Fsp3) is 0.353. The second kappa shape index (κ2) is 8.55. The zero-order valence-electron chi connectivity index (χ0n) is 14.4. The highest BCUT2D eigenvalue weighted by molar-refractivity contribution is 7.99. The van der Waals surface area contributed by atoms with E-state index < -0.39 is 10.0 Å². The molecule has 8 heteroatoms. The van der Waals surface area contributed by atoms with Crippen LogP contribution < -0.4 is 10.0 Å². The van der Waals surface area contributed by atoms with Gasteiger partial charge in [-0.2, -0.15) is 0 Å². The minimum absolute atomic E-state index is 0.146. The number of furan rings is 1. The minimum Gasteiger partial charge on any atom is -0.468 e. The van der Waals surface area contributed by atoms with E-state index in [1.165, 1.54) is 23.9 Å². The van der Waals surface area contributed by atoms with Gasteiger partial charge in [0.1, 0.15) is 5.76 Å². The lowest BCUT2D eigenvalue weighted by Gasteiger charge is -2.13. The lowest BCUT2D eigenvalue weighted by Crippen LogP contribution is -2.30. The number of carbonyl (C=O) groups excluding carboxylic acids is 1. The van der Waals surface area contributed by atoms with Crippen LogP contribution in [0.15, 0.2) is 52.0 Å². The molecule has 2 aromatic rings. The number of amides is 1. The van der Waals surface area contributed by atoms with E-state index in [-0.39, 0.29) is 22.1 Å². The average molecular weight is 383 g/mol. The molecule has 0 aliphatic carbocycles. The highest BCUT2D eigenvalue weighted by Gasteiger charge is 2.17. The summed E-state index contributed by atoms with van der Waals surface area (Å²) in [6.45, 7) is 5.33. The Labute approximate surface area is 152 Å². The van der Waals surface area contributed by atoms with Gasteiger partial charge < -0.3 is 9.73 Å². The highest BCUT2D eigenvalue weighted by atomic mass is 32.2. The molecule has 2 N–H and O–H groups in total. The van der Waals surface area contributed by atoms with Crippen molar-refractivity contribution in [2.24, 2.45) is 0 Å². The summed E-state index contributed by atoms with van der Waals surface area (Å²) >= 11 is 1.46. The Balaban J connectivity index is 1.92. The summed E-state index contributed by atoms with van der Waals surface area (Å²) in [5.74, 6) is 1.28. The molecule has 6 nitrogen and oxygen atoms in total. The van der Waals surface area contributed by atoms with Crippen LogP contribution in [0.25, 0.3) is 0 Å². The van der Waals surface area contributed by atoms with Crippen molar-refractivity contribution in [2.75, 3.05) is 5.32 Å². The van der Waals surface area contributed by atoms with Crippen LogP contribution in [0.1, 0.15) is 26.5 Å². The lowest BCUT2D eigenvalue weighted by molar-refractivity contribution is -0.115. The van der Waals surface area contributed by atoms with Gasteiger partial charge in [-0.05, 0) is 57.2 Å². The SMILES string of the molecule is CC(C)NS(=O)(=O)c1ccc(NC(=O)[C@H](C)SCc2ccco2)cc1. The van der Waals surface area contributed by atoms with Gasteiger partial charge in [0.15, 0.2) is 0 Å². The molecule has 0 saturated carbocycles. The minimum atomic E-state index is -3.53. The number of nitrogens with one attached hydrogen (secondary N) is 2. The van der Waals surface area contributed by atoms with Crippen molar-refractivity contribution >= 4 is 33.4 Å². The van der Waals surface area contributed by atoms with Gasteiger partial charge in [0.05, 0.1) is 22.2 Å². The van der Waals surface area contributed by atoms with Crippen molar-refractivity contribution in [3.63, 3.8) is 0 Å². The van der Waals surface area contributed by atoms with Gasteiger partial charge in [-0.25, -0.2) is 13.1 Å². The first-order chi connectivity index (χ1) is 11.8. The maximum Gasteiger partial charge on any atom is 0.240 e. The molecule has 1 heterocycles. The summed E-state index contributed by atoms with van der Waals surface area (Å²) in [6.07, 6.45) is 1.60. The molecule has 136 valence electrons. The molecule has 25 heavy (non-hydrogen) atoms. The summed E-state index contributed by atoms with van der Waals surface area (Å²) in [7, 11) is -3.53. The van der Waals surface area contributed by atoms with Crippen LogP contribution in [0, 0.1) is 0 Å². The van der Waals surface area contributed by atoms with Gasteiger partial charge in [0.2, 0.25) is 15.9 Å². The molecule has 0 unspecified atom stereocenters. The summed E-state index contributed by atoms with van der Waals surface area (Å²) in [5.41, 5.74) is 0.555. The molecule has 0 bridgehead atoms. The number of carbonyl (C=O) groups is 1. The predicted molar refractivity (Wildman–Crippen MR) is 100.0 cm³/mol. The Morgan fingerprint density at radius 1 is 1.16 bits per heavy atom. The Morgan fingerprint density at radius 3 is 2.40 bits per heavy atom. The van der Waals surface area contributed by atoms with Gasteiger partial charge in [-0.3, -0.25) is 4.79 Å². The molecule has 0 fully saturated rings. The van der Waals surface area contributed by atoms with Crippen molar-refractivity contribution in [2.45, 2.75) is 42.7 Å². The van der Waals surface area contributed by atoms with Crippen LogP contribution in [0.4, 0.5) is 5.69 Å². The van der Waals surface area contributed by atoms with Gasteiger partial charge in [0.25, 0.3) is 0 Å². The van der Waals surface area contributed by atoms with Crippen molar-refractivity contribution < 1.29 is 17.6 Å². The number of thioether (sulfide) groups is 1. The van der Waals surface area contributed by atoms with Crippen molar-refractivity contribution in [1.82, 2.24) is 4.72 Å². The first-order valence-electron chi connectivity index (χ1n) is 7.85. The van der Waals surface area contributed by atoms with E-state index in [1.54, 1.807) is 32.2 Å². The largest absolute Gasteiger partial charge is 0.468 e. The van der Waals surface area contributed by atoms with Gasteiger partial charge >= 0.3 is 0 Å². The third-order valence-corrected chi connectivity index (χ3v) is 6.09.